The molecule has 0 aliphatic rings. The Morgan fingerprint density at radius 1 is 0.947 bits per heavy atom. The van der Waals surface area contributed by atoms with Gasteiger partial charge in [-0.2, -0.15) is 0 Å². The van der Waals surface area contributed by atoms with Gasteiger partial charge in [0, 0.05) is 33.2 Å². The fourth-order valence-electron chi connectivity index (χ4n) is 3.94. The standard InChI is InChI=1S/C27H28BrCl2N3O4S/c1-3-25(27(35)31-4-2)32(17-22-23(29)14-9-15-24(22)30)26(34)18-33(20-11-8-10-19(28)16-20)38(36,37)21-12-6-5-7-13-21/h5-16,25H,3-4,17-18H2,1-2H3,(H,31,35)/t25-/m1/s1. The van der Waals surface area contributed by atoms with Crippen LogP contribution < -0.4 is 9.62 Å². The highest BCUT2D eigenvalue weighted by atomic mass is 79.9. The molecular formula is C27H28BrCl2N3O4S. The summed E-state index contributed by atoms with van der Waals surface area (Å²) in [5.41, 5.74) is 0.755. The van der Waals surface area contributed by atoms with Gasteiger partial charge < -0.3 is 10.2 Å². The second kappa shape index (κ2) is 13.5. The van der Waals surface area contributed by atoms with E-state index in [0.29, 0.717) is 38.7 Å². The van der Waals surface area contributed by atoms with Gasteiger partial charge in [-0.3, -0.25) is 13.9 Å². The molecule has 3 aromatic rings. The Balaban J connectivity index is 2.09. The molecule has 0 aromatic heterocycles. The number of hydrogen-bond donors (Lipinski definition) is 1. The van der Waals surface area contributed by atoms with E-state index in [9.17, 15) is 18.0 Å². The van der Waals surface area contributed by atoms with Crippen LogP contribution in [0.15, 0.2) is 82.2 Å². The monoisotopic (exact) mass is 639 g/mol. The van der Waals surface area contributed by atoms with Crippen molar-refractivity contribution in [2.75, 3.05) is 17.4 Å². The van der Waals surface area contributed by atoms with Crippen LogP contribution >= 0.6 is 39.1 Å². The maximum absolute atomic E-state index is 14.0. The lowest BCUT2D eigenvalue weighted by Gasteiger charge is -2.33. The molecular weight excluding hydrogens is 613 g/mol. The van der Waals surface area contributed by atoms with E-state index in [2.05, 4.69) is 21.2 Å². The molecule has 0 saturated carbocycles. The third-order valence-corrected chi connectivity index (χ3v) is 8.82. The number of anilines is 1. The maximum Gasteiger partial charge on any atom is 0.264 e. The van der Waals surface area contributed by atoms with Gasteiger partial charge in [-0.05, 0) is 55.8 Å². The zero-order chi connectivity index (χ0) is 27.9. The second-order valence-electron chi connectivity index (χ2n) is 8.35. The molecule has 0 saturated heterocycles. The SMILES string of the molecule is CCNC(=O)[C@@H](CC)N(Cc1c(Cl)cccc1Cl)C(=O)CN(c1cccc(Br)c1)S(=O)(=O)c1ccccc1. The summed E-state index contributed by atoms with van der Waals surface area (Å²) in [6.45, 7) is 3.30. The van der Waals surface area contributed by atoms with Crippen LogP contribution in [0.1, 0.15) is 25.8 Å². The third-order valence-electron chi connectivity index (χ3n) is 5.83. The van der Waals surface area contributed by atoms with Crippen molar-refractivity contribution in [2.24, 2.45) is 0 Å². The van der Waals surface area contributed by atoms with Crippen LogP contribution in [-0.2, 0) is 26.2 Å². The van der Waals surface area contributed by atoms with Crippen molar-refractivity contribution in [1.29, 1.82) is 0 Å². The van der Waals surface area contributed by atoms with Gasteiger partial charge in [0.2, 0.25) is 11.8 Å². The van der Waals surface area contributed by atoms with E-state index >= 15 is 0 Å². The number of benzene rings is 3. The van der Waals surface area contributed by atoms with Gasteiger partial charge >= 0.3 is 0 Å². The number of carbonyl (C=O) groups excluding carboxylic acids is 2. The average molecular weight is 641 g/mol. The lowest BCUT2D eigenvalue weighted by molar-refractivity contribution is -0.140. The zero-order valence-electron chi connectivity index (χ0n) is 20.9. The van der Waals surface area contributed by atoms with E-state index in [1.54, 1.807) is 74.5 Å². The first-order chi connectivity index (χ1) is 18.1. The molecule has 7 nitrogen and oxygen atoms in total. The van der Waals surface area contributed by atoms with Gasteiger partial charge in [0.05, 0.1) is 10.6 Å². The molecule has 0 heterocycles. The predicted octanol–water partition coefficient (Wildman–Crippen LogP) is 5.89. The molecule has 0 fully saturated rings. The van der Waals surface area contributed by atoms with Gasteiger partial charge in [0.15, 0.2) is 0 Å². The van der Waals surface area contributed by atoms with Gasteiger partial charge in [-0.25, -0.2) is 8.42 Å². The Morgan fingerprint density at radius 2 is 1.58 bits per heavy atom. The summed E-state index contributed by atoms with van der Waals surface area (Å²) in [5, 5.41) is 3.43. The fourth-order valence-corrected chi connectivity index (χ4v) is 6.28. The molecule has 11 heteroatoms. The molecule has 0 aliphatic carbocycles. The highest BCUT2D eigenvalue weighted by Crippen LogP contribution is 2.29. The molecule has 0 unspecified atom stereocenters. The fraction of sp³-hybridized carbons (Fsp3) is 0.259. The summed E-state index contributed by atoms with van der Waals surface area (Å²) < 4.78 is 29.2. The van der Waals surface area contributed by atoms with Gasteiger partial charge in [0.25, 0.3) is 10.0 Å². The largest absolute Gasteiger partial charge is 0.355 e. The normalized spacial score (nSPS) is 12.0. The number of halogens is 3. The van der Waals surface area contributed by atoms with Crippen molar-refractivity contribution in [1.82, 2.24) is 10.2 Å². The summed E-state index contributed by atoms with van der Waals surface area (Å²) in [7, 11) is -4.14. The molecule has 3 rings (SSSR count). The lowest BCUT2D eigenvalue weighted by atomic mass is 10.1. The Morgan fingerprint density at radius 3 is 2.16 bits per heavy atom. The van der Waals surface area contributed by atoms with Gasteiger partial charge in [-0.15, -0.1) is 0 Å². The lowest BCUT2D eigenvalue weighted by Crippen LogP contribution is -2.52. The average Bonchev–Trinajstić information content (AvgIpc) is 2.89. The molecule has 0 aliphatic heterocycles. The van der Waals surface area contributed by atoms with E-state index in [1.807, 2.05) is 0 Å². The highest BCUT2D eigenvalue weighted by Gasteiger charge is 2.34. The molecule has 3 aromatic carbocycles. The van der Waals surface area contributed by atoms with Crippen molar-refractivity contribution in [3.05, 3.63) is 92.9 Å². The minimum absolute atomic E-state index is 0.0317. The van der Waals surface area contributed by atoms with E-state index < -0.39 is 28.5 Å². The van der Waals surface area contributed by atoms with Crippen LogP contribution in [-0.4, -0.2) is 44.3 Å². The molecule has 202 valence electrons. The van der Waals surface area contributed by atoms with Crippen LogP contribution in [0, 0.1) is 0 Å². The molecule has 1 atom stereocenters. The number of hydrogen-bond acceptors (Lipinski definition) is 4. The van der Waals surface area contributed by atoms with Crippen molar-refractivity contribution < 1.29 is 18.0 Å². The topological polar surface area (TPSA) is 86.8 Å². The van der Waals surface area contributed by atoms with Crippen molar-refractivity contribution in [3.8, 4) is 0 Å². The van der Waals surface area contributed by atoms with Crippen LogP contribution in [0.3, 0.4) is 0 Å². The molecule has 0 spiro atoms. The van der Waals surface area contributed by atoms with E-state index in [-0.39, 0.29) is 17.3 Å². The van der Waals surface area contributed by atoms with Crippen LogP contribution in [0.4, 0.5) is 5.69 Å². The Hall–Kier alpha value is -2.59. The van der Waals surface area contributed by atoms with E-state index in [0.717, 1.165) is 4.31 Å². The summed E-state index contributed by atoms with van der Waals surface area (Å²) >= 11 is 16.2. The second-order valence-corrected chi connectivity index (χ2v) is 11.9. The number of rotatable bonds is 11. The minimum Gasteiger partial charge on any atom is -0.355 e. The van der Waals surface area contributed by atoms with Gasteiger partial charge in [-0.1, -0.05) is 76.4 Å². The number of nitrogens with one attached hydrogen (secondary N) is 1. The van der Waals surface area contributed by atoms with E-state index in [1.165, 1.54) is 17.0 Å². The first kappa shape index (κ1) is 30.0. The molecule has 38 heavy (non-hydrogen) atoms. The first-order valence-corrected chi connectivity index (χ1v) is 14.9. The highest BCUT2D eigenvalue weighted by molar-refractivity contribution is 9.10. The number of sulfonamides is 1. The summed E-state index contributed by atoms with van der Waals surface area (Å²) in [5.74, 6) is -0.940. The van der Waals surface area contributed by atoms with Gasteiger partial charge in [0.1, 0.15) is 12.6 Å². The Labute approximate surface area is 241 Å². The molecule has 2 amide bonds. The number of likely N-dealkylation sites (N-methyl/N-ethyl adjacent to an activating group) is 1. The quantitative estimate of drug-likeness (QED) is 0.283. The molecule has 1 N–H and O–H groups in total. The molecule has 0 bridgehead atoms. The minimum atomic E-state index is -4.14. The summed E-state index contributed by atoms with van der Waals surface area (Å²) in [4.78, 5) is 28.3. The Kier molecular flexibility index (Phi) is 10.6. The van der Waals surface area contributed by atoms with Crippen LogP contribution in [0.5, 0.6) is 0 Å². The zero-order valence-corrected chi connectivity index (χ0v) is 24.8. The van der Waals surface area contributed by atoms with Crippen molar-refractivity contribution in [2.45, 2.75) is 37.8 Å². The van der Waals surface area contributed by atoms with Crippen molar-refractivity contribution >= 4 is 66.7 Å². The van der Waals surface area contributed by atoms with Crippen LogP contribution in [0.25, 0.3) is 0 Å². The number of carbonyl (C=O) groups is 2. The first-order valence-electron chi connectivity index (χ1n) is 11.9. The number of nitrogens with zero attached hydrogens (tertiary/aromatic N) is 2. The number of amides is 2. The van der Waals surface area contributed by atoms with E-state index in [4.69, 9.17) is 23.2 Å². The maximum atomic E-state index is 14.0. The predicted molar refractivity (Wildman–Crippen MR) is 155 cm³/mol. The van der Waals surface area contributed by atoms with Crippen molar-refractivity contribution in [3.63, 3.8) is 0 Å². The van der Waals surface area contributed by atoms with Crippen LogP contribution in [0.2, 0.25) is 10.0 Å². The summed E-state index contributed by atoms with van der Waals surface area (Å²) in [6, 6.07) is 18.6. The third kappa shape index (κ3) is 7.08. The Bertz CT molecular complexity index is 1370. The summed E-state index contributed by atoms with van der Waals surface area (Å²) in [6.07, 6.45) is 0.294. The smallest absolute Gasteiger partial charge is 0.264 e. The molecule has 0 radical (unpaired) electrons.